The molecule has 686 valence electrons. The number of benzene rings is 16. The normalized spacial score (nSPS) is 13.6. The zero-order valence-corrected chi connectivity index (χ0v) is 102. The highest BCUT2D eigenvalue weighted by Crippen LogP contribution is 2.51. The molecule has 0 unspecified atom stereocenters. The third-order valence-electron chi connectivity index (χ3n) is 20.8. The number of hydrogen-bond donors (Lipinski definition) is 0. The second-order valence-corrected chi connectivity index (χ2v) is 56.1. The third kappa shape index (κ3) is 24.7. The summed E-state index contributed by atoms with van der Waals surface area (Å²) in [7, 11) is -5.93. The van der Waals surface area contributed by atoms with Gasteiger partial charge in [-0.2, -0.15) is 0 Å². The van der Waals surface area contributed by atoms with Crippen LogP contribution in [-0.2, 0) is 53.3 Å². The molecule has 0 bridgehead atoms. The Bertz CT molecular complexity index is 7200. The number of ether oxygens (including phenoxy) is 8. The lowest BCUT2D eigenvalue weighted by Crippen LogP contribution is -2.20. The van der Waals surface area contributed by atoms with E-state index in [9.17, 15) is 17.4 Å². The molecule has 3 aliphatic rings. The fourth-order valence-corrected chi connectivity index (χ4v) is 45.4. The number of fused-ring (bicyclic) bond motifs is 8. The molecule has 1 aromatic heterocycles. The SMILES string of the molecule is Ic1cc(I)c(OCCOc2ccc([S+]3c4ccccc4Sc4ccccc43)cc2)c(I)c1.O=S1(=O)c2ccccc2[S+](c2ccc(OCCOc3c(I)cc(I)cc3I)cc2)c2ccccc21.O=S1c2ccccc2[S+](c2ccc(OCCOc3c(I)cc(I)cc3I)cc2)c2ccccc21.O=c1c2ccccc2[s+](-c2ccc(OCCOc3c(I)cc(I)cc3I)cc2)c2ccccc12. The summed E-state index contributed by atoms with van der Waals surface area (Å²) in [5.41, 5.74) is 0.104. The van der Waals surface area contributed by atoms with E-state index in [1.165, 1.54) is 48.5 Å². The monoisotopic (exact) mass is 3270 g/mol. The first kappa shape index (κ1) is 103. The maximum absolute atomic E-state index is 13.2. The second-order valence-electron chi connectivity index (χ2n) is 29.6. The van der Waals surface area contributed by atoms with E-state index in [-0.39, 0.29) is 37.7 Å². The molecule has 16 aromatic carbocycles. The Hall–Kier alpha value is -3.93. The van der Waals surface area contributed by atoms with Crippen LogP contribution in [0.4, 0.5) is 0 Å². The highest BCUT2D eigenvalue weighted by molar-refractivity contribution is 14.1. The highest BCUT2D eigenvalue weighted by atomic mass is 127. The predicted molar refractivity (Wildman–Crippen MR) is 653 cm³/mol. The van der Waals surface area contributed by atoms with Crippen LogP contribution in [0.1, 0.15) is 0 Å². The number of halogens is 12. The largest absolute Gasteiger partial charge is 0.490 e. The number of sulfone groups is 1. The van der Waals surface area contributed by atoms with E-state index in [1.54, 1.807) is 24.3 Å². The molecule has 136 heavy (non-hydrogen) atoms. The molecular weight excluding hydrogens is 3200 g/mol. The Kier molecular flexibility index (Phi) is 37.2. The van der Waals surface area contributed by atoms with Gasteiger partial charge in [0.1, 0.15) is 141 Å². The van der Waals surface area contributed by atoms with Crippen LogP contribution in [0.2, 0.25) is 0 Å². The average molecular weight is 3270 g/mol. The van der Waals surface area contributed by atoms with Gasteiger partial charge in [0, 0.05) is 36.9 Å². The summed E-state index contributed by atoms with van der Waals surface area (Å²) in [5, 5.41) is 1.59. The van der Waals surface area contributed by atoms with E-state index < -0.39 is 31.5 Å². The molecule has 12 nitrogen and oxygen atoms in total. The van der Waals surface area contributed by atoms with Crippen LogP contribution in [0.3, 0.4) is 0 Å². The van der Waals surface area contributed by atoms with Gasteiger partial charge < -0.3 is 37.9 Å². The maximum Gasteiger partial charge on any atom is 0.216 e. The Labute approximate surface area is 971 Å². The summed E-state index contributed by atoms with van der Waals surface area (Å²) in [6.07, 6.45) is 0. The highest BCUT2D eigenvalue weighted by Gasteiger charge is 2.46. The molecule has 17 aromatic rings. The van der Waals surface area contributed by atoms with Gasteiger partial charge in [0.25, 0.3) is 0 Å². The van der Waals surface area contributed by atoms with Gasteiger partial charge in [-0.15, -0.1) is 0 Å². The first-order valence-corrected chi connectivity index (χ1v) is 62.9. The van der Waals surface area contributed by atoms with Gasteiger partial charge >= 0.3 is 0 Å². The number of rotatable bonds is 24. The lowest BCUT2D eigenvalue weighted by Gasteiger charge is -2.19. The van der Waals surface area contributed by atoms with Crippen LogP contribution in [0.5, 0.6) is 46.0 Å². The topological polar surface area (TPSA) is 142 Å². The van der Waals surface area contributed by atoms with Crippen molar-refractivity contribution in [2.24, 2.45) is 0 Å². The molecule has 0 atom stereocenters. The summed E-state index contributed by atoms with van der Waals surface area (Å²) >= 11 is 29.6. The first-order chi connectivity index (χ1) is 66.0. The molecule has 31 heteroatoms. The fraction of sp³-hybridized carbons (Fsp3) is 0.0762. The van der Waals surface area contributed by atoms with E-state index in [1.807, 2.05) is 157 Å². The summed E-state index contributed by atoms with van der Waals surface area (Å²) in [4.78, 5) is 29.7. The van der Waals surface area contributed by atoms with E-state index in [2.05, 4.69) is 441 Å². The van der Waals surface area contributed by atoms with Crippen LogP contribution in [-0.4, -0.2) is 65.5 Å². The summed E-state index contributed by atoms with van der Waals surface area (Å²) in [5.74, 6) is 6.87. The fourth-order valence-electron chi connectivity index (χ4n) is 14.9. The molecule has 0 N–H and O–H groups in total. The smallest absolute Gasteiger partial charge is 0.216 e. The van der Waals surface area contributed by atoms with Gasteiger partial charge in [0.2, 0.25) is 15.3 Å². The lowest BCUT2D eigenvalue weighted by atomic mass is 10.2. The minimum atomic E-state index is -3.53. The average Bonchev–Trinajstić information content (AvgIpc) is 0.730. The van der Waals surface area contributed by atoms with Crippen LogP contribution in [0.15, 0.2) is 418 Å². The molecule has 4 heterocycles. The second kappa shape index (κ2) is 48.8. The molecule has 0 amide bonds. The van der Waals surface area contributed by atoms with Crippen molar-refractivity contribution >= 4 is 367 Å². The van der Waals surface area contributed by atoms with Gasteiger partial charge in [-0.3, -0.25) is 4.79 Å². The van der Waals surface area contributed by atoms with Crippen LogP contribution < -0.4 is 43.3 Å². The number of hydrogen-bond acceptors (Lipinski definition) is 13. The molecule has 0 saturated heterocycles. The van der Waals surface area contributed by atoms with E-state index in [0.717, 1.165) is 129 Å². The third-order valence-corrected chi connectivity index (χ3v) is 44.4. The van der Waals surface area contributed by atoms with E-state index in [0.29, 0.717) is 62.6 Å². The molecule has 0 radical (unpaired) electrons. The van der Waals surface area contributed by atoms with E-state index >= 15 is 0 Å². The Balaban J connectivity index is 0.000000126. The zero-order valence-electron chi connectivity index (χ0n) is 70.8. The Morgan fingerprint density at radius 3 is 0.831 bits per heavy atom. The van der Waals surface area contributed by atoms with Gasteiger partial charge in [0.15, 0.2) is 58.4 Å². The molecule has 0 aliphatic carbocycles. The molecule has 20 rings (SSSR count). The molecule has 0 spiro atoms. The van der Waals surface area contributed by atoms with Gasteiger partial charge in [-0.1, -0.05) is 109 Å². The van der Waals surface area contributed by atoms with Crippen molar-refractivity contribution in [2.75, 3.05) is 52.9 Å². The van der Waals surface area contributed by atoms with Crippen molar-refractivity contribution in [1.29, 1.82) is 0 Å². The maximum atomic E-state index is 13.2. The summed E-state index contributed by atoms with van der Waals surface area (Å²) in [6, 6.07) is 114. The van der Waals surface area contributed by atoms with Crippen molar-refractivity contribution in [3.63, 3.8) is 0 Å². The van der Waals surface area contributed by atoms with Crippen molar-refractivity contribution in [2.45, 2.75) is 73.4 Å². The zero-order chi connectivity index (χ0) is 94.7. The standard InChI is InChI=1S/C27H18I3O3S.C26H18I3O4S2.C26H18I3O3S2.C26H18I3O2S2/c28-17-15-22(29)27(23(30)16-17)33-14-13-32-18-9-11-19(12-10-18)34-24-7-3-1-5-20(24)26(31)21-6-2-4-8-25(21)34;27-17-15-20(28)26(21(29)16-17)33-14-13-32-18-9-11-19(12-10-18)34-22-5-1-3-7-24(22)35(30,31)25-8-4-2-6-23(25)34;27-17-15-20(28)26(21(29)16-17)32-14-13-31-18-9-11-19(12-10-18)33-22-5-1-3-7-24(22)34(30)25-8-4-2-6-23(25)33;27-17-15-20(28)26(21(29)16-17)31-14-13-30-18-9-11-19(12-10-18)33-24-7-3-1-5-22(24)32-23-6-2-4-8-25(23)33/h1-12,15-16H,13-14H2;1-12,15-16H,13-14H2;1-12,15-16H,13-14H2;1-12,15-16H,13-14H2/q4*+1. The van der Waals surface area contributed by atoms with Gasteiger partial charge in [0.05, 0.1) is 69.7 Å². The molecule has 0 fully saturated rings. The quantitative estimate of drug-likeness (QED) is 0.0245. The predicted octanol–water partition coefficient (Wildman–Crippen LogP) is 31.6. The van der Waals surface area contributed by atoms with Crippen molar-refractivity contribution in [3.8, 4) is 50.9 Å². The van der Waals surface area contributed by atoms with Gasteiger partial charge in [-0.05, 0) is 502 Å². The summed E-state index contributed by atoms with van der Waals surface area (Å²) < 4.78 is 103. The van der Waals surface area contributed by atoms with Crippen molar-refractivity contribution in [1.82, 2.24) is 0 Å². The van der Waals surface area contributed by atoms with Crippen molar-refractivity contribution < 1.29 is 50.5 Å². The first-order valence-electron chi connectivity index (χ1n) is 41.6. The molecule has 3 aliphatic heterocycles. The van der Waals surface area contributed by atoms with E-state index in [4.69, 9.17) is 37.9 Å². The molecular formula is C105H72I12O12S7+4. The van der Waals surface area contributed by atoms with Crippen LogP contribution in [0, 0.1) is 42.8 Å². The van der Waals surface area contributed by atoms with Crippen LogP contribution in [0.25, 0.3) is 25.1 Å². The van der Waals surface area contributed by atoms with Gasteiger partial charge in [-0.25, -0.2) is 12.6 Å². The Morgan fingerprint density at radius 2 is 0.507 bits per heavy atom. The minimum absolute atomic E-state index is 0.104. The summed E-state index contributed by atoms with van der Waals surface area (Å²) in [6.45, 7) is 3.76. The Morgan fingerprint density at radius 1 is 0.265 bits per heavy atom. The lowest BCUT2D eigenvalue weighted by molar-refractivity contribution is 0.215. The molecule has 0 saturated carbocycles. The van der Waals surface area contributed by atoms with Crippen LogP contribution >= 0.6 is 293 Å². The van der Waals surface area contributed by atoms with Crippen molar-refractivity contribution in [3.05, 3.63) is 393 Å². The minimum Gasteiger partial charge on any atom is -0.490 e.